The molecule has 0 radical (unpaired) electrons. The summed E-state index contributed by atoms with van der Waals surface area (Å²) < 4.78 is 16.1. The third-order valence-electron chi connectivity index (χ3n) is 5.10. The van der Waals surface area contributed by atoms with Crippen LogP contribution in [0.5, 0.6) is 0 Å². The number of carboxylic acids is 1. The number of benzene rings is 1. The third-order valence-corrected chi connectivity index (χ3v) is 5.10. The van der Waals surface area contributed by atoms with Crippen LogP contribution in [0.25, 0.3) is 10.9 Å². The molecule has 0 saturated heterocycles. The predicted molar refractivity (Wildman–Crippen MR) is 94.6 cm³/mol. The Kier molecular flexibility index (Phi) is 4.50. The minimum absolute atomic E-state index is 0.0517. The van der Waals surface area contributed by atoms with E-state index in [0.29, 0.717) is 18.5 Å². The zero-order valence-electron chi connectivity index (χ0n) is 14.7. The zero-order chi connectivity index (χ0) is 18.3. The molecule has 0 spiro atoms. The molecule has 4 nitrogen and oxygen atoms in total. The zero-order valence-corrected chi connectivity index (χ0v) is 14.7. The van der Waals surface area contributed by atoms with E-state index in [0.717, 1.165) is 34.2 Å². The molecule has 132 valence electrons. The summed E-state index contributed by atoms with van der Waals surface area (Å²) in [6.07, 6.45) is 3.51. The maximum atomic E-state index is 14.1. The van der Waals surface area contributed by atoms with Gasteiger partial charge in [-0.15, -0.1) is 0 Å². The predicted octanol–water partition coefficient (Wildman–Crippen LogP) is 4.45. The molecule has 0 saturated carbocycles. The number of allylic oxidation sites excluding steroid dienone is 2. The number of fused-ring (bicyclic) bond motifs is 3. The van der Waals surface area contributed by atoms with E-state index in [1.54, 1.807) is 0 Å². The molecule has 1 aromatic heterocycles. The van der Waals surface area contributed by atoms with Gasteiger partial charge in [0.05, 0.1) is 11.9 Å². The number of carboxylic acid groups (broad SMARTS) is 1. The summed E-state index contributed by atoms with van der Waals surface area (Å²) in [7, 11) is 0. The SMILES string of the molecule is C/C=C(\C)Cn1c2c(c3cc(F)cc(C(C)=O)c31)CC[C@@H]2CC(=O)O. The molecule has 5 heteroatoms. The Labute approximate surface area is 145 Å². The molecule has 0 fully saturated rings. The van der Waals surface area contributed by atoms with Crippen LogP contribution in [0.1, 0.15) is 61.1 Å². The highest BCUT2D eigenvalue weighted by atomic mass is 19.1. The topological polar surface area (TPSA) is 59.3 Å². The average Bonchev–Trinajstić information content (AvgIpc) is 3.06. The van der Waals surface area contributed by atoms with Crippen LogP contribution in [0.3, 0.4) is 0 Å². The fraction of sp³-hybridized carbons (Fsp3) is 0.400. The highest BCUT2D eigenvalue weighted by molar-refractivity contribution is 6.07. The minimum Gasteiger partial charge on any atom is -0.481 e. The number of hydrogen-bond acceptors (Lipinski definition) is 2. The van der Waals surface area contributed by atoms with E-state index < -0.39 is 11.8 Å². The van der Waals surface area contributed by atoms with Gasteiger partial charge in [0, 0.05) is 29.1 Å². The van der Waals surface area contributed by atoms with E-state index in [9.17, 15) is 19.1 Å². The van der Waals surface area contributed by atoms with Gasteiger partial charge in [0.1, 0.15) is 5.82 Å². The number of halogens is 1. The molecule has 1 heterocycles. The van der Waals surface area contributed by atoms with Crippen molar-refractivity contribution >= 4 is 22.7 Å². The molecule has 1 atom stereocenters. The van der Waals surface area contributed by atoms with E-state index in [1.165, 1.54) is 19.1 Å². The van der Waals surface area contributed by atoms with Crippen LogP contribution in [-0.4, -0.2) is 21.4 Å². The summed E-state index contributed by atoms with van der Waals surface area (Å²) in [5.74, 6) is -1.56. The summed E-state index contributed by atoms with van der Waals surface area (Å²) in [6.45, 7) is 5.95. The average molecular weight is 343 g/mol. The van der Waals surface area contributed by atoms with Gasteiger partial charge >= 0.3 is 5.97 Å². The monoisotopic (exact) mass is 343 g/mol. The van der Waals surface area contributed by atoms with Crippen molar-refractivity contribution in [3.8, 4) is 0 Å². The Bertz CT molecular complexity index is 908. The highest BCUT2D eigenvalue weighted by Gasteiger charge is 2.32. The maximum Gasteiger partial charge on any atom is 0.304 e. The fourth-order valence-corrected chi connectivity index (χ4v) is 3.91. The van der Waals surface area contributed by atoms with Crippen molar-refractivity contribution in [2.75, 3.05) is 0 Å². The number of nitrogens with zero attached hydrogens (tertiary/aromatic N) is 1. The van der Waals surface area contributed by atoms with Crippen molar-refractivity contribution in [1.82, 2.24) is 4.57 Å². The molecule has 0 unspecified atom stereocenters. The molecule has 25 heavy (non-hydrogen) atoms. The fourth-order valence-electron chi connectivity index (χ4n) is 3.91. The molecule has 3 rings (SSSR count). The molecule has 1 aliphatic carbocycles. The van der Waals surface area contributed by atoms with Crippen molar-refractivity contribution in [3.63, 3.8) is 0 Å². The van der Waals surface area contributed by atoms with Crippen LogP contribution >= 0.6 is 0 Å². The lowest BCUT2D eigenvalue weighted by atomic mass is 10.0. The van der Waals surface area contributed by atoms with E-state index in [4.69, 9.17) is 0 Å². The van der Waals surface area contributed by atoms with Crippen LogP contribution < -0.4 is 0 Å². The smallest absolute Gasteiger partial charge is 0.304 e. The first-order chi connectivity index (χ1) is 11.8. The second kappa shape index (κ2) is 6.47. The lowest BCUT2D eigenvalue weighted by Crippen LogP contribution is -2.12. The van der Waals surface area contributed by atoms with Gasteiger partial charge in [-0.1, -0.05) is 11.6 Å². The van der Waals surface area contributed by atoms with Gasteiger partial charge in [0.25, 0.3) is 0 Å². The highest BCUT2D eigenvalue weighted by Crippen LogP contribution is 2.43. The Hall–Kier alpha value is -2.43. The van der Waals surface area contributed by atoms with E-state index in [2.05, 4.69) is 0 Å². The standard InChI is InChI=1S/C20H22FNO3/c1-4-11(2)10-22-19-13(7-18(24)25)5-6-15(19)17-9-14(21)8-16(12(3)23)20(17)22/h4,8-9,13H,5-7,10H2,1-3H3,(H,24,25)/b11-4+/t13-/m1/s1. The quantitative estimate of drug-likeness (QED) is 0.644. The summed E-state index contributed by atoms with van der Waals surface area (Å²) in [5.41, 5.74) is 4.15. The first-order valence-corrected chi connectivity index (χ1v) is 8.52. The Morgan fingerprint density at radius 3 is 2.68 bits per heavy atom. The summed E-state index contributed by atoms with van der Waals surface area (Å²) in [6, 6.07) is 2.76. The minimum atomic E-state index is -0.838. The van der Waals surface area contributed by atoms with Gasteiger partial charge in [0.2, 0.25) is 0 Å². The van der Waals surface area contributed by atoms with Gasteiger partial charge < -0.3 is 9.67 Å². The number of hydrogen-bond donors (Lipinski definition) is 1. The van der Waals surface area contributed by atoms with Crippen LogP contribution in [0.4, 0.5) is 4.39 Å². The van der Waals surface area contributed by atoms with Crippen molar-refractivity contribution in [1.29, 1.82) is 0 Å². The second-order valence-corrected chi connectivity index (χ2v) is 6.82. The summed E-state index contributed by atoms with van der Waals surface area (Å²) in [4.78, 5) is 23.4. The molecule has 1 aliphatic rings. The number of carbonyl (C=O) groups excluding carboxylic acids is 1. The Morgan fingerprint density at radius 2 is 2.08 bits per heavy atom. The second-order valence-electron chi connectivity index (χ2n) is 6.82. The molecule has 0 bridgehead atoms. The van der Waals surface area contributed by atoms with Gasteiger partial charge in [-0.2, -0.15) is 0 Å². The molecule has 0 amide bonds. The van der Waals surface area contributed by atoms with Crippen molar-refractivity contribution in [2.45, 2.75) is 52.5 Å². The van der Waals surface area contributed by atoms with Crippen molar-refractivity contribution < 1.29 is 19.1 Å². The van der Waals surface area contributed by atoms with E-state index in [-0.39, 0.29) is 18.1 Å². The van der Waals surface area contributed by atoms with E-state index >= 15 is 0 Å². The molecule has 2 aromatic rings. The lowest BCUT2D eigenvalue weighted by Gasteiger charge is -2.16. The van der Waals surface area contributed by atoms with Crippen LogP contribution in [0.2, 0.25) is 0 Å². The maximum absolute atomic E-state index is 14.1. The first-order valence-electron chi connectivity index (χ1n) is 8.52. The Balaban J connectivity index is 2.34. The number of aryl methyl sites for hydroxylation is 1. The summed E-state index contributed by atoms with van der Waals surface area (Å²) in [5, 5.41) is 9.99. The van der Waals surface area contributed by atoms with E-state index in [1.807, 2.05) is 24.5 Å². The first kappa shape index (κ1) is 17.4. The number of carbonyl (C=O) groups is 2. The van der Waals surface area contributed by atoms with Gasteiger partial charge in [-0.05, 0) is 51.3 Å². The molecule has 1 aromatic carbocycles. The molecule has 1 N–H and O–H groups in total. The number of rotatable bonds is 5. The largest absolute Gasteiger partial charge is 0.481 e. The molecular weight excluding hydrogens is 321 g/mol. The van der Waals surface area contributed by atoms with Crippen molar-refractivity contribution in [3.05, 3.63) is 46.4 Å². The number of aromatic nitrogens is 1. The van der Waals surface area contributed by atoms with Crippen molar-refractivity contribution in [2.24, 2.45) is 0 Å². The third kappa shape index (κ3) is 2.99. The number of Topliss-reactive ketones (excluding diaryl/α,β-unsaturated/α-hetero) is 1. The Morgan fingerprint density at radius 1 is 1.36 bits per heavy atom. The summed E-state index contributed by atoms with van der Waals surface area (Å²) >= 11 is 0. The molecular formula is C20H22FNO3. The van der Waals surface area contributed by atoms with Crippen LogP contribution in [0, 0.1) is 5.82 Å². The van der Waals surface area contributed by atoms with Gasteiger partial charge in [-0.3, -0.25) is 9.59 Å². The van der Waals surface area contributed by atoms with Crippen LogP contribution in [0.15, 0.2) is 23.8 Å². The molecule has 0 aliphatic heterocycles. The number of ketones is 1. The van der Waals surface area contributed by atoms with Gasteiger partial charge in [0.15, 0.2) is 5.78 Å². The van der Waals surface area contributed by atoms with Crippen LogP contribution in [-0.2, 0) is 17.8 Å². The number of aliphatic carboxylic acids is 1. The lowest BCUT2D eigenvalue weighted by molar-refractivity contribution is -0.137. The van der Waals surface area contributed by atoms with Gasteiger partial charge in [-0.25, -0.2) is 4.39 Å². The normalized spacial score (nSPS) is 17.1.